The van der Waals surface area contributed by atoms with Gasteiger partial charge in [-0.05, 0) is 17.5 Å². The summed E-state index contributed by atoms with van der Waals surface area (Å²) in [7, 11) is 0. The Morgan fingerprint density at radius 2 is 1.93 bits per heavy atom. The Morgan fingerprint density at radius 1 is 1.11 bits per heavy atom. The van der Waals surface area contributed by atoms with E-state index in [1.165, 1.54) is 23.5 Å². The predicted molar refractivity (Wildman–Crippen MR) is 106 cm³/mol. The van der Waals surface area contributed by atoms with E-state index in [-0.39, 0.29) is 11.2 Å². The number of nitrogens with zero attached hydrogens (tertiary/aromatic N) is 3. The topological polar surface area (TPSA) is 78.0 Å². The molecule has 0 radical (unpaired) electrons. The highest BCUT2D eigenvalue weighted by Gasteiger charge is 2.15. The van der Waals surface area contributed by atoms with Crippen LogP contribution < -0.4 is 5.56 Å². The molecule has 2 heterocycles. The van der Waals surface area contributed by atoms with Crippen molar-refractivity contribution in [3.63, 3.8) is 0 Å². The van der Waals surface area contributed by atoms with Gasteiger partial charge in [-0.3, -0.25) is 19.5 Å². The molecule has 0 aliphatic heterocycles. The predicted octanol–water partition coefficient (Wildman–Crippen LogP) is 4.28. The first-order chi connectivity index (χ1) is 13.1. The van der Waals surface area contributed by atoms with Crippen molar-refractivity contribution in [2.45, 2.75) is 13.0 Å². The maximum atomic E-state index is 13.0. The lowest BCUT2D eigenvalue weighted by Crippen LogP contribution is -2.21. The molecule has 0 bridgehead atoms. The summed E-state index contributed by atoms with van der Waals surface area (Å²) in [6.07, 6.45) is 2.30. The number of hydrogen-bond donors (Lipinski definition) is 0. The first-order valence-electron chi connectivity index (χ1n) is 8.39. The molecular formula is C20H15N3O3S. The second-order valence-electron chi connectivity index (χ2n) is 6.12. The number of thiophene rings is 1. The molecule has 6 nitrogen and oxygen atoms in total. The van der Waals surface area contributed by atoms with Crippen LogP contribution in [0, 0.1) is 10.1 Å². The number of non-ortho nitro benzene ring substituents is 1. The van der Waals surface area contributed by atoms with Crippen LogP contribution in [0.15, 0.2) is 71.1 Å². The third-order valence-corrected chi connectivity index (χ3v) is 5.30. The van der Waals surface area contributed by atoms with Crippen molar-refractivity contribution in [3.05, 3.63) is 92.3 Å². The average molecular weight is 377 g/mol. The van der Waals surface area contributed by atoms with Gasteiger partial charge in [0.05, 0.1) is 16.6 Å². The molecule has 0 spiro atoms. The quantitative estimate of drug-likeness (QED) is 0.384. The highest BCUT2D eigenvalue weighted by molar-refractivity contribution is 7.17. The van der Waals surface area contributed by atoms with Crippen LogP contribution in [0.3, 0.4) is 0 Å². The van der Waals surface area contributed by atoms with Crippen molar-refractivity contribution in [1.82, 2.24) is 9.55 Å². The Labute approximate surface area is 158 Å². The van der Waals surface area contributed by atoms with Crippen LogP contribution in [0.5, 0.6) is 0 Å². The summed E-state index contributed by atoms with van der Waals surface area (Å²) in [5.41, 5.74) is 2.35. The first-order valence-corrected chi connectivity index (χ1v) is 9.27. The normalized spacial score (nSPS) is 11.0. The van der Waals surface area contributed by atoms with E-state index in [0.29, 0.717) is 27.9 Å². The van der Waals surface area contributed by atoms with Gasteiger partial charge in [-0.25, -0.2) is 4.98 Å². The molecule has 0 aliphatic rings. The molecular weight excluding hydrogens is 362 g/mol. The number of benzene rings is 2. The summed E-state index contributed by atoms with van der Waals surface area (Å²) < 4.78 is 1.60. The van der Waals surface area contributed by atoms with Crippen molar-refractivity contribution < 1.29 is 4.92 Å². The van der Waals surface area contributed by atoms with Gasteiger partial charge in [-0.15, -0.1) is 11.3 Å². The number of nitro benzene ring substituents is 1. The largest absolute Gasteiger partial charge is 0.298 e. The van der Waals surface area contributed by atoms with E-state index >= 15 is 0 Å². The molecule has 0 N–H and O–H groups in total. The van der Waals surface area contributed by atoms with Gasteiger partial charge in [0.15, 0.2) is 0 Å². The number of aryl methyl sites for hydroxylation is 2. The van der Waals surface area contributed by atoms with Crippen molar-refractivity contribution in [3.8, 4) is 11.1 Å². The second-order valence-corrected chi connectivity index (χ2v) is 6.97. The Bertz CT molecular complexity index is 1180. The SMILES string of the molecule is O=c1c2c(-c3cccc([N+](=O)[O-])c3)csc2ncn1CCc1ccccc1. The van der Waals surface area contributed by atoms with E-state index in [1.54, 1.807) is 23.0 Å². The van der Waals surface area contributed by atoms with E-state index in [4.69, 9.17) is 0 Å². The molecule has 0 saturated carbocycles. The van der Waals surface area contributed by atoms with Crippen LogP contribution in [-0.2, 0) is 13.0 Å². The van der Waals surface area contributed by atoms with E-state index in [0.717, 1.165) is 12.0 Å². The maximum absolute atomic E-state index is 13.0. The Morgan fingerprint density at radius 3 is 2.70 bits per heavy atom. The minimum absolute atomic E-state index is 0.000133. The standard InChI is InChI=1S/C20H15N3O3S/c24-20-18-17(15-7-4-8-16(11-15)23(25)26)12-27-19(18)21-13-22(20)10-9-14-5-2-1-3-6-14/h1-8,11-13H,9-10H2. The molecule has 4 rings (SSSR count). The first kappa shape index (κ1) is 17.1. The van der Waals surface area contributed by atoms with Gasteiger partial charge < -0.3 is 0 Å². The maximum Gasteiger partial charge on any atom is 0.270 e. The van der Waals surface area contributed by atoms with Gasteiger partial charge in [0.1, 0.15) is 4.83 Å². The van der Waals surface area contributed by atoms with E-state index in [2.05, 4.69) is 4.98 Å². The summed E-state index contributed by atoms with van der Waals surface area (Å²) in [6, 6.07) is 16.3. The molecule has 7 heteroatoms. The van der Waals surface area contributed by atoms with Crippen molar-refractivity contribution in [2.24, 2.45) is 0 Å². The molecule has 0 amide bonds. The lowest BCUT2D eigenvalue weighted by molar-refractivity contribution is -0.384. The zero-order valence-electron chi connectivity index (χ0n) is 14.2. The van der Waals surface area contributed by atoms with Crippen molar-refractivity contribution in [1.29, 1.82) is 0 Å². The Kier molecular flexibility index (Phi) is 4.52. The third kappa shape index (κ3) is 3.37. The summed E-state index contributed by atoms with van der Waals surface area (Å²) in [5.74, 6) is 0. The lowest BCUT2D eigenvalue weighted by atomic mass is 10.1. The summed E-state index contributed by atoms with van der Waals surface area (Å²) in [5, 5.41) is 13.4. The minimum atomic E-state index is -0.436. The summed E-state index contributed by atoms with van der Waals surface area (Å²) >= 11 is 1.37. The van der Waals surface area contributed by atoms with Crippen molar-refractivity contribution >= 4 is 27.2 Å². The molecule has 2 aromatic heterocycles. The Hall–Kier alpha value is -3.32. The summed E-state index contributed by atoms with van der Waals surface area (Å²) in [4.78, 5) is 28.7. The summed E-state index contributed by atoms with van der Waals surface area (Å²) in [6.45, 7) is 0.524. The van der Waals surface area contributed by atoms with Crippen LogP contribution in [0.4, 0.5) is 5.69 Å². The van der Waals surface area contributed by atoms with E-state index < -0.39 is 4.92 Å². The van der Waals surface area contributed by atoms with E-state index in [1.807, 2.05) is 35.7 Å². The van der Waals surface area contributed by atoms with Crippen LogP contribution in [-0.4, -0.2) is 14.5 Å². The number of rotatable bonds is 5. The molecule has 0 atom stereocenters. The zero-order valence-corrected chi connectivity index (χ0v) is 15.1. The lowest BCUT2D eigenvalue weighted by Gasteiger charge is -2.06. The van der Waals surface area contributed by atoms with Crippen LogP contribution >= 0.6 is 11.3 Å². The molecule has 0 fully saturated rings. The fraction of sp³-hybridized carbons (Fsp3) is 0.100. The highest BCUT2D eigenvalue weighted by Crippen LogP contribution is 2.32. The van der Waals surface area contributed by atoms with Gasteiger partial charge in [-0.1, -0.05) is 42.5 Å². The van der Waals surface area contributed by atoms with Crippen LogP contribution in [0.25, 0.3) is 21.3 Å². The highest BCUT2D eigenvalue weighted by atomic mass is 32.1. The van der Waals surface area contributed by atoms with Crippen LogP contribution in [0.2, 0.25) is 0 Å². The van der Waals surface area contributed by atoms with Gasteiger partial charge >= 0.3 is 0 Å². The van der Waals surface area contributed by atoms with E-state index in [9.17, 15) is 14.9 Å². The van der Waals surface area contributed by atoms with Gasteiger partial charge in [0.25, 0.3) is 11.2 Å². The second kappa shape index (κ2) is 7.13. The molecule has 134 valence electrons. The number of hydrogen-bond acceptors (Lipinski definition) is 5. The number of fused-ring (bicyclic) bond motifs is 1. The third-order valence-electron chi connectivity index (χ3n) is 4.41. The smallest absolute Gasteiger partial charge is 0.270 e. The fourth-order valence-corrected chi connectivity index (χ4v) is 3.93. The molecule has 0 aliphatic carbocycles. The van der Waals surface area contributed by atoms with Crippen LogP contribution in [0.1, 0.15) is 5.56 Å². The molecule has 0 unspecified atom stereocenters. The Balaban J connectivity index is 1.74. The molecule has 27 heavy (non-hydrogen) atoms. The molecule has 0 saturated heterocycles. The van der Waals surface area contributed by atoms with Crippen molar-refractivity contribution in [2.75, 3.05) is 0 Å². The zero-order chi connectivity index (χ0) is 18.8. The number of nitro groups is 1. The minimum Gasteiger partial charge on any atom is -0.298 e. The monoisotopic (exact) mass is 377 g/mol. The molecule has 2 aromatic carbocycles. The molecule has 4 aromatic rings. The van der Waals surface area contributed by atoms with Gasteiger partial charge in [-0.2, -0.15) is 0 Å². The average Bonchev–Trinajstić information content (AvgIpc) is 3.13. The fourth-order valence-electron chi connectivity index (χ4n) is 3.02. The van der Waals surface area contributed by atoms with Gasteiger partial charge in [0.2, 0.25) is 0 Å². The van der Waals surface area contributed by atoms with Gasteiger partial charge in [0, 0.05) is 29.6 Å². The number of aromatic nitrogens is 2.